The molecule has 0 bridgehead atoms. The normalized spacial score (nSPS) is 11.4. The number of benzene rings is 1. The van der Waals surface area contributed by atoms with E-state index in [4.69, 9.17) is 0 Å². The molecule has 0 aliphatic carbocycles. The summed E-state index contributed by atoms with van der Waals surface area (Å²) in [5.41, 5.74) is 2.43. The molecule has 0 fully saturated rings. The minimum absolute atomic E-state index is 0.0357. The lowest BCUT2D eigenvalue weighted by atomic mass is 9.87. The first kappa shape index (κ1) is 14.6. The largest absolute Gasteiger partial charge is 0.506 e. The van der Waals surface area contributed by atoms with Crippen LogP contribution in [-0.2, 0) is 5.41 Å². The van der Waals surface area contributed by atoms with Crippen LogP contribution in [0.5, 0.6) is 5.75 Å². The summed E-state index contributed by atoms with van der Waals surface area (Å²) in [6.45, 7) is 8.17. The summed E-state index contributed by atoms with van der Waals surface area (Å²) in [5.74, 6) is -0.0978. The topological polar surface area (TPSA) is 49.3 Å². The summed E-state index contributed by atoms with van der Waals surface area (Å²) in [7, 11) is 0. The van der Waals surface area contributed by atoms with Gasteiger partial charge in [-0.05, 0) is 47.0 Å². The Balaban J connectivity index is 2.30. The number of aromatic hydroxyl groups is 1. The second-order valence-electron chi connectivity index (χ2n) is 5.87. The molecule has 0 saturated heterocycles. The van der Waals surface area contributed by atoms with E-state index in [0.29, 0.717) is 10.6 Å². The molecule has 2 rings (SSSR count). The Hall–Kier alpha value is -1.81. The predicted molar refractivity (Wildman–Crippen MR) is 83.8 cm³/mol. The van der Waals surface area contributed by atoms with Gasteiger partial charge in [-0.2, -0.15) is 0 Å². The standard InChI is InChI=1S/C16H19NO2S/c1-10-7-8-20-14(10)15(19)17-12-9-11(16(2,3)4)5-6-13(12)18/h5-9,18H,1-4H3,(H,17,19). The Kier molecular flexibility index (Phi) is 3.86. The fraction of sp³-hybridized carbons (Fsp3) is 0.312. The molecule has 0 saturated carbocycles. The molecule has 2 N–H and O–H groups in total. The smallest absolute Gasteiger partial charge is 0.266 e. The van der Waals surface area contributed by atoms with Gasteiger partial charge < -0.3 is 10.4 Å². The lowest BCUT2D eigenvalue weighted by Crippen LogP contribution is -2.14. The van der Waals surface area contributed by atoms with Gasteiger partial charge in [0.25, 0.3) is 5.91 Å². The van der Waals surface area contributed by atoms with Gasteiger partial charge in [-0.3, -0.25) is 4.79 Å². The van der Waals surface area contributed by atoms with Crippen molar-refractivity contribution in [3.63, 3.8) is 0 Å². The van der Waals surface area contributed by atoms with Crippen LogP contribution in [0.15, 0.2) is 29.6 Å². The van der Waals surface area contributed by atoms with Crippen molar-refractivity contribution in [1.82, 2.24) is 0 Å². The van der Waals surface area contributed by atoms with Gasteiger partial charge in [0.1, 0.15) is 5.75 Å². The Morgan fingerprint density at radius 2 is 1.95 bits per heavy atom. The van der Waals surface area contributed by atoms with Gasteiger partial charge in [0, 0.05) is 0 Å². The number of hydrogen-bond acceptors (Lipinski definition) is 3. The third-order valence-electron chi connectivity index (χ3n) is 3.18. The van der Waals surface area contributed by atoms with Gasteiger partial charge in [0.05, 0.1) is 10.6 Å². The van der Waals surface area contributed by atoms with E-state index in [9.17, 15) is 9.90 Å². The maximum Gasteiger partial charge on any atom is 0.266 e. The molecule has 0 aliphatic rings. The van der Waals surface area contributed by atoms with Crippen LogP contribution in [0.4, 0.5) is 5.69 Å². The van der Waals surface area contributed by atoms with Crippen LogP contribution in [0.2, 0.25) is 0 Å². The van der Waals surface area contributed by atoms with E-state index in [-0.39, 0.29) is 17.1 Å². The third-order valence-corrected chi connectivity index (χ3v) is 4.19. The Morgan fingerprint density at radius 1 is 1.25 bits per heavy atom. The first-order valence-corrected chi connectivity index (χ1v) is 7.36. The zero-order valence-electron chi connectivity index (χ0n) is 12.2. The molecular weight excluding hydrogens is 270 g/mol. The average molecular weight is 289 g/mol. The molecule has 20 heavy (non-hydrogen) atoms. The van der Waals surface area contributed by atoms with Gasteiger partial charge >= 0.3 is 0 Å². The highest BCUT2D eigenvalue weighted by Crippen LogP contribution is 2.31. The fourth-order valence-corrected chi connectivity index (χ4v) is 2.71. The predicted octanol–water partition coefficient (Wildman–Crippen LogP) is 4.31. The minimum atomic E-state index is -0.182. The summed E-state index contributed by atoms with van der Waals surface area (Å²) in [4.78, 5) is 12.9. The Labute approximate surface area is 123 Å². The van der Waals surface area contributed by atoms with E-state index in [0.717, 1.165) is 11.1 Å². The number of carbonyl (C=O) groups excluding carboxylic acids is 1. The van der Waals surface area contributed by atoms with E-state index in [1.807, 2.05) is 30.5 Å². The first-order chi connectivity index (χ1) is 9.29. The molecule has 1 heterocycles. The lowest BCUT2D eigenvalue weighted by Gasteiger charge is -2.20. The number of anilines is 1. The highest BCUT2D eigenvalue weighted by atomic mass is 32.1. The molecule has 4 heteroatoms. The SMILES string of the molecule is Cc1ccsc1C(=O)Nc1cc(C(C)(C)C)ccc1O. The van der Waals surface area contributed by atoms with Crippen LogP contribution in [0.1, 0.15) is 41.6 Å². The molecule has 1 aromatic carbocycles. The summed E-state index contributed by atoms with van der Waals surface area (Å²) < 4.78 is 0. The molecule has 0 unspecified atom stereocenters. The van der Waals surface area contributed by atoms with Gasteiger partial charge in [0.2, 0.25) is 0 Å². The second kappa shape index (κ2) is 5.29. The van der Waals surface area contributed by atoms with Gasteiger partial charge in [-0.15, -0.1) is 11.3 Å². The van der Waals surface area contributed by atoms with E-state index >= 15 is 0 Å². The number of hydrogen-bond donors (Lipinski definition) is 2. The van der Waals surface area contributed by atoms with Crippen molar-refractivity contribution in [2.75, 3.05) is 5.32 Å². The first-order valence-electron chi connectivity index (χ1n) is 6.48. The van der Waals surface area contributed by atoms with Crippen LogP contribution in [0, 0.1) is 6.92 Å². The van der Waals surface area contributed by atoms with Crippen molar-refractivity contribution in [2.24, 2.45) is 0 Å². The van der Waals surface area contributed by atoms with Gasteiger partial charge in [-0.1, -0.05) is 26.8 Å². The van der Waals surface area contributed by atoms with Crippen molar-refractivity contribution < 1.29 is 9.90 Å². The van der Waals surface area contributed by atoms with E-state index in [1.165, 1.54) is 11.3 Å². The molecule has 1 amide bonds. The minimum Gasteiger partial charge on any atom is -0.506 e. The van der Waals surface area contributed by atoms with Gasteiger partial charge in [-0.25, -0.2) is 0 Å². The zero-order valence-corrected chi connectivity index (χ0v) is 13.0. The molecule has 0 spiro atoms. The van der Waals surface area contributed by atoms with E-state index < -0.39 is 0 Å². The van der Waals surface area contributed by atoms with Gasteiger partial charge in [0.15, 0.2) is 0 Å². The maximum absolute atomic E-state index is 12.2. The summed E-state index contributed by atoms with van der Waals surface area (Å²) in [6, 6.07) is 7.24. The lowest BCUT2D eigenvalue weighted by molar-refractivity contribution is 0.102. The quantitative estimate of drug-likeness (QED) is 0.809. The van der Waals surface area contributed by atoms with Crippen molar-refractivity contribution >= 4 is 22.9 Å². The molecule has 0 radical (unpaired) electrons. The molecule has 106 valence electrons. The molecule has 1 aromatic heterocycles. The molecule has 0 atom stereocenters. The number of amides is 1. The van der Waals surface area contributed by atoms with E-state index in [1.54, 1.807) is 6.07 Å². The highest BCUT2D eigenvalue weighted by molar-refractivity contribution is 7.12. The molecular formula is C16H19NO2S. The fourth-order valence-electron chi connectivity index (χ4n) is 1.89. The maximum atomic E-state index is 12.2. The van der Waals surface area contributed by atoms with E-state index in [2.05, 4.69) is 26.1 Å². The number of aryl methyl sites for hydroxylation is 1. The third kappa shape index (κ3) is 3.02. The Bertz CT molecular complexity index is 638. The number of thiophene rings is 1. The molecule has 0 aliphatic heterocycles. The van der Waals surface area contributed by atoms with Crippen LogP contribution in [0.25, 0.3) is 0 Å². The second-order valence-corrected chi connectivity index (χ2v) is 6.78. The number of phenolic OH excluding ortho intramolecular Hbond substituents is 1. The summed E-state index contributed by atoms with van der Waals surface area (Å²) in [5, 5.41) is 14.6. The van der Waals surface area contributed by atoms with Crippen LogP contribution < -0.4 is 5.32 Å². The average Bonchev–Trinajstić information content (AvgIpc) is 2.77. The van der Waals surface area contributed by atoms with Crippen LogP contribution >= 0.6 is 11.3 Å². The van der Waals surface area contributed by atoms with Crippen LogP contribution in [0.3, 0.4) is 0 Å². The highest BCUT2D eigenvalue weighted by Gasteiger charge is 2.17. The number of rotatable bonds is 2. The van der Waals surface area contributed by atoms with Crippen molar-refractivity contribution in [1.29, 1.82) is 0 Å². The number of carbonyl (C=O) groups is 1. The van der Waals surface area contributed by atoms with Crippen molar-refractivity contribution in [3.8, 4) is 5.75 Å². The monoisotopic (exact) mass is 289 g/mol. The summed E-state index contributed by atoms with van der Waals surface area (Å²) >= 11 is 1.40. The molecule has 3 nitrogen and oxygen atoms in total. The Morgan fingerprint density at radius 3 is 2.50 bits per heavy atom. The summed E-state index contributed by atoms with van der Waals surface area (Å²) in [6.07, 6.45) is 0. The number of phenols is 1. The van der Waals surface area contributed by atoms with Crippen molar-refractivity contribution in [2.45, 2.75) is 33.1 Å². The van der Waals surface area contributed by atoms with Crippen LogP contribution in [-0.4, -0.2) is 11.0 Å². The number of nitrogens with one attached hydrogen (secondary N) is 1. The van der Waals surface area contributed by atoms with Crippen molar-refractivity contribution in [3.05, 3.63) is 45.6 Å². The zero-order chi connectivity index (χ0) is 14.9. The molecule has 2 aromatic rings.